The Kier molecular flexibility index (Phi) is 11.6. The molecule has 9 rings (SSSR count). The number of nitrogens with zero attached hydrogens (tertiary/aromatic N) is 8. The Morgan fingerprint density at radius 1 is 0.806 bits per heavy atom. The van der Waals surface area contributed by atoms with Crippen molar-refractivity contribution in [2.45, 2.75) is 76.3 Å². The summed E-state index contributed by atoms with van der Waals surface area (Å²) >= 11 is 0. The number of piperazine rings is 1. The molecule has 1 unspecified atom stereocenters. The Labute approximate surface area is 358 Å². The first-order chi connectivity index (χ1) is 30.2. The summed E-state index contributed by atoms with van der Waals surface area (Å²) < 4.78 is 15.9. The number of amides is 5. The third-order valence-electron chi connectivity index (χ3n) is 12.4. The van der Waals surface area contributed by atoms with Gasteiger partial charge in [0.25, 0.3) is 11.8 Å². The number of aromatic nitrogens is 4. The number of piperidine rings is 1. The molecule has 2 aromatic carbocycles. The fourth-order valence-corrected chi connectivity index (χ4v) is 9.19. The van der Waals surface area contributed by atoms with Crippen LogP contribution in [0.2, 0.25) is 0 Å². The number of nitrogens with one attached hydrogen (secondary N) is 2. The minimum absolute atomic E-state index is 0.0490. The number of hydrogen-bond acceptors (Lipinski definition) is 11. The molecule has 15 nitrogen and oxygen atoms in total. The summed E-state index contributed by atoms with van der Waals surface area (Å²) in [6.45, 7) is 4.05. The average molecular weight is 841 g/mol. The van der Waals surface area contributed by atoms with Crippen LogP contribution in [-0.4, -0.2) is 104 Å². The summed E-state index contributed by atoms with van der Waals surface area (Å²) in [7, 11) is 0. The van der Waals surface area contributed by atoms with Crippen LogP contribution in [0.1, 0.15) is 96.5 Å². The normalized spacial score (nSPS) is 19.1. The molecule has 0 radical (unpaired) electrons. The lowest BCUT2D eigenvalue weighted by molar-refractivity contribution is -0.136. The third kappa shape index (κ3) is 8.20. The van der Waals surface area contributed by atoms with Crippen LogP contribution >= 0.6 is 0 Å². The first kappa shape index (κ1) is 40.7. The topological polar surface area (TPSA) is 165 Å². The summed E-state index contributed by atoms with van der Waals surface area (Å²) in [5.41, 5.74) is 4.27. The fraction of sp³-hybridized carbons (Fsp3) is 0.391. The van der Waals surface area contributed by atoms with Crippen LogP contribution in [-0.2, 0) is 14.4 Å². The molecular weight excluding hydrogens is 792 g/mol. The van der Waals surface area contributed by atoms with Crippen LogP contribution in [0, 0.1) is 5.82 Å². The Hall–Kier alpha value is -6.71. The number of imidazole rings is 1. The van der Waals surface area contributed by atoms with Gasteiger partial charge in [-0.3, -0.25) is 34.2 Å². The summed E-state index contributed by atoms with van der Waals surface area (Å²) in [6.07, 6.45) is 8.91. The predicted octanol–water partition coefficient (Wildman–Crippen LogP) is 5.77. The van der Waals surface area contributed by atoms with Crippen LogP contribution in [0.15, 0.2) is 79.0 Å². The van der Waals surface area contributed by atoms with Crippen molar-refractivity contribution in [3.63, 3.8) is 0 Å². The van der Waals surface area contributed by atoms with E-state index in [0.717, 1.165) is 85.0 Å². The summed E-state index contributed by atoms with van der Waals surface area (Å²) in [4.78, 5) is 80.7. The van der Waals surface area contributed by atoms with E-state index in [0.29, 0.717) is 50.5 Å². The Morgan fingerprint density at radius 3 is 2.45 bits per heavy atom. The van der Waals surface area contributed by atoms with Crippen molar-refractivity contribution in [3.05, 3.63) is 102 Å². The van der Waals surface area contributed by atoms with E-state index in [1.165, 1.54) is 6.07 Å². The van der Waals surface area contributed by atoms with Crippen LogP contribution in [0.5, 0.6) is 0 Å². The van der Waals surface area contributed by atoms with Crippen molar-refractivity contribution in [2.75, 3.05) is 54.4 Å². The van der Waals surface area contributed by atoms with Crippen molar-refractivity contribution in [2.24, 2.45) is 0 Å². The molecule has 4 aliphatic heterocycles. The van der Waals surface area contributed by atoms with E-state index in [4.69, 9.17) is 10.1 Å². The van der Waals surface area contributed by atoms with Gasteiger partial charge in [-0.2, -0.15) is 0 Å². The number of carbonyl (C=O) groups excluding carboxylic acids is 5. The average Bonchev–Trinajstić information content (AvgIpc) is 4.01. The second-order valence-electron chi connectivity index (χ2n) is 16.4. The lowest BCUT2D eigenvalue weighted by atomic mass is 10.0. The van der Waals surface area contributed by atoms with Gasteiger partial charge in [-0.15, -0.1) is 5.10 Å². The maximum Gasteiger partial charge on any atom is 0.264 e. The molecular formula is C46H49FN10O5. The van der Waals surface area contributed by atoms with E-state index in [2.05, 4.69) is 25.4 Å². The molecule has 7 heterocycles. The Balaban J connectivity index is 0.715. The molecule has 2 atom stereocenters. The highest BCUT2D eigenvalue weighted by Crippen LogP contribution is 2.36. The number of unbranched alkanes of at least 4 members (excludes halogenated alkanes) is 4. The van der Waals surface area contributed by atoms with Crippen LogP contribution in [0.3, 0.4) is 0 Å². The zero-order valence-corrected chi connectivity index (χ0v) is 34.5. The van der Waals surface area contributed by atoms with Crippen molar-refractivity contribution in [1.82, 2.24) is 34.7 Å². The van der Waals surface area contributed by atoms with Crippen molar-refractivity contribution >= 4 is 52.5 Å². The molecule has 320 valence electrons. The molecule has 5 amide bonds. The first-order valence-corrected chi connectivity index (χ1v) is 21.7. The lowest BCUT2D eigenvalue weighted by Gasteiger charge is -2.35. The number of anilines is 3. The van der Waals surface area contributed by atoms with E-state index < -0.39 is 29.7 Å². The van der Waals surface area contributed by atoms with Gasteiger partial charge in [-0.1, -0.05) is 43.5 Å². The molecule has 3 aromatic heterocycles. The van der Waals surface area contributed by atoms with Gasteiger partial charge in [0, 0.05) is 57.8 Å². The SMILES string of the molecule is O=C1CCC(N2C(=O)c3cccc(NCCCCCCCC(=O)N4CCN(c5cccc(-c6cnc7ccc(N8CCC[C@@H]8c8cccc(F)c8)nn67)n5)CC4)c3C2=O)C(=O)N1. The fourth-order valence-electron chi connectivity index (χ4n) is 9.19. The van der Waals surface area contributed by atoms with Crippen LogP contribution in [0.25, 0.3) is 17.0 Å². The van der Waals surface area contributed by atoms with E-state index in [-0.39, 0.29) is 41.7 Å². The first-order valence-electron chi connectivity index (χ1n) is 21.7. The second kappa shape index (κ2) is 17.7. The van der Waals surface area contributed by atoms with Crippen LogP contribution in [0.4, 0.5) is 21.7 Å². The maximum atomic E-state index is 14.1. The van der Waals surface area contributed by atoms with Crippen molar-refractivity contribution in [3.8, 4) is 11.4 Å². The number of hydrogen-bond donors (Lipinski definition) is 2. The van der Waals surface area contributed by atoms with Crippen LogP contribution < -0.4 is 20.4 Å². The minimum atomic E-state index is -1.000. The van der Waals surface area contributed by atoms with E-state index in [1.54, 1.807) is 36.5 Å². The number of halogens is 1. The molecule has 3 saturated heterocycles. The van der Waals surface area contributed by atoms with E-state index in [1.807, 2.05) is 45.8 Å². The number of imide groups is 2. The highest BCUT2D eigenvalue weighted by molar-refractivity contribution is 6.25. The monoisotopic (exact) mass is 840 g/mol. The van der Waals surface area contributed by atoms with Gasteiger partial charge in [0.15, 0.2) is 5.65 Å². The number of fused-ring (bicyclic) bond motifs is 2. The van der Waals surface area contributed by atoms with Gasteiger partial charge in [0.05, 0.1) is 29.1 Å². The number of carbonyl (C=O) groups is 5. The number of benzene rings is 2. The summed E-state index contributed by atoms with van der Waals surface area (Å²) in [5, 5.41) is 10.5. The maximum absolute atomic E-state index is 14.1. The molecule has 3 fully saturated rings. The zero-order chi connectivity index (χ0) is 42.7. The van der Waals surface area contributed by atoms with Crippen molar-refractivity contribution < 1.29 is 28.4 Å². The molecule has 2 N–H and O–H groups in total. The quantitative estimate of drug-likeness (QED) is 0.103. The van der Waals surface area contributed by atoms with Gasteiger partial charge in [0.2, 0.25) is 17.7 Å². The molecule has 0 bridgehead atoms. The molecule has 0 spiro atoms. The van der Waals surface area contributed by atoms with E-state index >= 15 is 0 Å². The molecule has 0 aliphatic carbocycles. The van der Waals surface area contributed by atoms with E-state index in [9.17, 15) is 28.4 Å². The summed E-state index contributed by atoms with van der Waals surface area (Å²) in [5.74, 6) is -0.501. The summed E-state index contributed by atoms with van der Waals surface area (Å²) in [6, 6.07) is 20.8. The highest BCUT2D eigenvalue weighted by atomic mass is 19.1. The second-order valence-corrected chi connectivity index (χ2v) is 16.4. The zero-order valence-electron chi connectivity index (χ0n) is 34.5. The molecule has 4 aliphatic rings. The number of rotatable bonds is 14. The largest absolute Gasteiger partial charge is 0.384 e. The van der Waals surface area contributed by atoms with Gasteiger partial charge in [-0.05, 0) is 86.2 Å². The Bertz CT molecular complexity index is 2540. The highest BCUT2D eigenvalue weighted by Gasteiger charge is 2.45. The molecule has 16 heteroatoms. The van der Waals surface area contributed by atoms with Gasteiger partial charge in [-0.25, -0.2) is 18.9 Å². The molecule has 5 aromatic rings. The third-order valence-corrected chi connectivity index (χ3v) is 12.4. The molecule has 62 heavy (non-hydrogen) atoms. The molecule has 0 saturated carbocycles. The van der Waals surface area contributed by atoms with Gasteiger partial charge < -0.3 is 20.0 Å². The standard InChI is InChI=1S/C46H49FN10O5/c47-31-11-6-10-30(28-31)35-15-9-23-55(35)40-20-19-38-49-29-37(57(38)52-40)33-13-8-16-39(50-33)53-24-26-54(27-25-53)42(59)17-4-2-1-3-5-22-48-34-14-7-12-32-43(34)46(62)56(45(32)61)36-18-21-41(58)51-44(36)60/h6-8,10-14,16,19-20,28-29,35-36,48H,1-5,9,15,17-18,21-27H2,(H,51,58,60)/t35-,36?/m1/s1. The van der Waals surface area contributed by atoms with Gasteiger partial charge >= 0.3 is 0 Å². The van der Waals surface area contributed by atoms with Crippen molar-refractivity contribution in [1.29, 1.82) is 0 Å². The lowest BCUT2D eigenvalue weighted by Crippen LogP contribution is -2.54. The van der Waals surface area contributed by atoms with Gasteiger partial charge in [0.1, 0.15) is 29.2 Å². The Morgan fingerprint density at radius 2 is 1.61 bits per heavy atom. The smallest absolute Gasteiger partial charge is 0.264 e. The minimum Gasteiger partial charge on any atom is -0.384 e. The predicted molar refractivity (Wildman–Crippen MR) is 230 cm³/mol. The number of pyridine rings is 1.